The van der Waals surface area contributed by atoms with Crippen LogP contribution in [0.1, 0.15) is 19.0 Å². The lowest BCUT2D eigenvalue weighted by Gasteiger charge is -2.26. The van der Waals surface area contributed by atoms with Crippen LogP contribution in [-0.4, -0.2) is 59.3 Å². The van der Waals surface area contributed by atoms with E-state index in [9.17, 15) is 9.00 Å². The predicted molar refractivity (Wildman–Crippen MR) is 86.8 cm³/mol. The maximum atomic E-state index is 12.1. The molecule has 0 saturated carbocycles. The van der Waals surface area contributed by atoms with E-state index in [0.717, 1.165) is 39.3 Å². The Hall–Kier alpha value is -1.18. The zero-order valence-corrected chi connectivity index (χ0v) is 13.8. The van der Waals surface area contributed by atoms with E-state index in [0.29, 0.717) is 29.6 Å². The molecule has 2 rings (SSSR count). The van der Waals surface area contributed by atoms with Gasteiger partial charge in [0, 0.05) is 54.1 Å². The van der Waals surface area contributed by atoms with E-state index in [-0.39, 0.29) is 5.43 Å². The Labute approximate surface area is 133 Å². The fraction of sp³-hybridized carbons (Fsp3) is 0.667. The van der Waals surface area contributed by atoms with Gasteiger partial charge < -0.3 is 14.5 Å². The summed E-state index contributed by atoms with van der Waals surface area (Å²) in [6.07, 6.45) is 2.42. The number of hydrogen-bond donors (Lipinski definition) is 1. The number of rotatable bonds is 8. The molecule has 1 N–H and O–H groups in total. The van der Waals surface area contributed by atoms with Crippen LogP contribution >= 0.6 is 0 Å². The molecule has 0 amide bonds. The number of aromatic amines is 1. The van der Waals surface area contributed by atoms with Gasteiger partial charge in [0.05, 0.1) is 25.6 Å². The average Bonchev–Trinajstić information content (AvgIpc) is 2.53. The number of morpholine rings is 1. The van der Waals surface area contributed by atoms with Crippen molar-refractivity contribution in [2.24, 2.45) is 0 Å². The molecule has 0 radical (unpaired) electrons. The largest absolute Gasteiger partial charge is 0.488 e. The standard InChI is InChI=1S/C15H24N2O4S/c1-2-6-21-15-11-16-13(10-14(15)18)12-22(19)9-5-17-3-7-20-8-4-17/h10-11H,2-9,12H2,1H3,(H,16,18). The maximum Gasteiger partial charge on any atom is 0.223 e. The van der Waals surface area contributed by atoms with E-state index in [4.69, 9.17) is 9.47 Å². The van der Waals surface area contributed by atoms with Crippen molar-refractivity contribution in [1.82, 2.24) is 9.88 Å². The van der Waals surface area contributed by atoms with Gasteiger partial charge in [0.2, 0.25) is 5.43 Å². The number of aromatic nitrogens is 1. The average molecular weight is 328 g/mol. The van der Waals surface area contributed by atoms with E-state index < -0.39 is 10.8 Å². The fourth-order valence-electron chi connectivity index (χ4n) is 2.21. The Morgan fingerprint density at radius 1 is 1.41 bits per heavy atom. The summed E-state index contributed by atoms with van der Waals surface area (Å²) < 4.78 is 22.7. The summed E-state index contributed by atoms with van der Waals surface area (Å²) in [5, 5.41) is 0. The lowest BCUT2D eigenvalue weighted by molar-refractivity contribution is 0.0409. The SMILES string of the molecule is CCCOc1c[nH]c(CS(=O)CCN2CCOCC2)cc1=O. The van der Waals surface area contributed by atoms with Crippen LogP contribution in [0, 0.1) is 0 Å². The van der Waals surface area contributed by atoms with E-state index in [1.165, 1.54) is 6.07 Å². The number of H-pyrrole nitrogens is 1. The van der Waals surface area contributed by atoms with Crippen molar-refractivity contribution in [3.8, 4) is 5.75 Å². The van der Waals surface area contributed by atoms with Crippen LogP contribution < -0.4 is 10.2 Å². The molecule has 1 aromatic heterocycles. The molecule has 0 bridgehead atoms. The topological polar surface area (TPSA) is 71.6 Å². The van der Waals surface area contributed by atoms with Gasteiger partial charge in [-0.15, -0.1) is 0 Å². The second kappa shape index (κ2) is 9.07. The van der Waals surface area contributed by atoms with Crippen LogP contribution in [0.25, 0.3) is 0 Å². The highest BCUT2D eigenvalue weighted by atomic mass is 32.2. The second-order valence-electron chi connectivity index (χ2n) is 5.28. The molecule has 0 aromatic carbocycles. The molecule has 1 atom stereocenters. The van der Waals surface area contributed by atoms with Crippen molar-refractivity contribution >= 4 is 10.8 Å². The summed E-state index contributed by atoms with van der Waals surface area (Å²) >= 11 is 0. The summed E-state index contributed by atoms with van der Waals surface area (Å²) in [6.45, 7) is 6.61. The summed E-state index contributed by atoms with van der Waals surface area (Å²) in [7, 11) is -0.986. The lowest BCUT2D eigenvalue weighted by atomic mass is 10.3. The van der Waals surface area contributed by atoms with Crippen LogP contribution in [0.5, 0.6) is 5.75 Å². The van der Waals surface area contributed by atoms with Crippen LogP contribution in [0.3, 0.4) is 0 Å². The molecule has 1 unspecified atom stereocenters. The second-order valence-corrected chi connectivity index (χ2v) is 6.85. The molecule has 0 spiro atoms. The van der Waals surface area contributed by atoms with Crippen LogP contribution in [0.2, 0.25) is 0 Å². The van der Waals surface area contributed by atoms with Crippen molar-refractivity contribution in [3.63, 3.8) is 0 Å². The molecule has 2 heterocycles. The molecular formula is C15H24N2O4S. The van der Waals surface area contributed by atoms with Crippen molar-refractivity contribution in [1.29, 1.82) is 0 Å². The third-order valence-electron chi connectivity index (χ3n) is 3.45. The highest BCUT2D eigenvalue weighted by Crippen LogP contribution is 2.05. The van der Waals surface area contributed by atoms with E-state index in [2.05, 4.69) is 9.88 Å². The predicted octanol–water partition coefficient (Wildman–Crippen LogP) is 0.745. The minimum atomic E-state index is -0.986. The molecule has 1 fully saturated rings. The smallest absolute Gasteiger partial charge is 0.223 e. The highest BCUT2D eigenvalue weighted by Gasteiger charge is 2.12. The first-order valence-corrected chi connectivity index (χ1v) is 9.17. The van der Waals surface area contributed by atoms with Gasteiger partial charge in [-0.1, -0.05) is 6.92 Å². The number of hydrogen-bond acceptors (Lipinski definition) is 5. The third kappa shape index (κ3) is 5.55. The van der Waals surface area contributed by atoms with Crippen molar-refractivity contribution < 1.29 is 13.7 Å². The number of nitrogens with zero attached hydrogens (tertiary/aromatic N) is 1. The van der Waals surface area contributed by atoms with Gasteiger partial charge in [-0.3, -0.25) is 13.9 Å². The summed E-state index contributed by atoms with van der Waals surface area (Å²) in [4.78, 5) is 17.1. The Kier molecular flexibility index (Phi) is 7.08. The van der Waals surface area contributed by atoms with Gasteiger partial charge in [0.1, 0.15) is 0 Å². The molecule has 1 saturated heterocycles. The molecule has 7 heteroatoms. The molecule has 0 aliphatic carbocycles. The zero-order chi connectivity index (χ0) is 15.8. The van der Waals surface area contributed by atoms with Gasteiger partial charge >= 0.3 is 0 Å². The minimum Gasteiger partial charge on any atom is -0.488 e. The fourth-order valence-corrected chi connectivity index (χ4v) is 3.33. The van der Waals surface area contributed by atoms with Gasteiger partial charge in [-0.25, -0.2) is 0 Å². The zero-order valence-electron chi connectivity index (χ0n) is 13.0. The van der Waals surface area contributed by atoms with Gasteiger partial charge in [0.25, 0.3) is 0 Å². The monoisotopic (exact) mass is 328 g/mol. The molecule has 124 valence electrons. The highest BCUT2D eigenvalue weighted by molar-refractivity contribution is 7.84. The van der Waals surface area contributed by atoms with Crippen molar-refractivity contribution in [2.45, 2.75) is 19.1 Å². The van der Waals surface area contributed by atoms with E-state index in [1.54, 1.807) is 6.20 Å². The first kappa shape index (κ1) is 17.2. The van der Waals surface area contributed by atoms with E-state index in [1.807, 2.05) is 6.92 Å². The van der Waals surface area contributed by atoms with Gasteiger partial charge in [-0.05, 0) is 6.42 Å². The molecule has 22 heavy (non-hydrogen) atoms. The molecule has 1 aliphatic heterocycles. The van der Waals surface area contributed by atoms with Crippen molar-refractivity contribution in [2.75, 3.05) is 45.2 Å². The number of ether oxygens (including phenoxy) is 2. The van der Waals surface area contributed by atoms with Gasteiger partial charge in [0.15, 0.2) is 5.75 Å². The van der Waals surface area contributed by atoms with Crippen LogP contribution in [0.4, 0.5) is 0 Å². The minimum absolute atomic E-state index is 0.160. The Morgan fingerprint density at radius 3 is 2.86 bits per heavy atom. The van der Waals surface area contributed by atoms with Gasteiger partial charge in [-0.2, -0.15) is 0 Å². The lowest BCUT2D eigenvalue weighted by Crippen LogP contribution is -2.38. The Balaban J connectivity index is 1.80. The number of nitrogens with one attached hydrogen (secondary N) is 1. The maximum absolute atomic E-state index is 12.1. The van der Waals surface area contributed by atoms with Crippen LogP contribution in [0.15, 0.2) is 17.1 Å². The Morgan fingerprint density at radius 2 is 2.18 bits per heavy atom. The Bertz CT molecular complexity index is 541. The molecule has 1 aromatic rings. The quantitative estimate of drug-likeness (QED) is 0.762. The number of pyridine rings is 1. The summed E-state index contributed by atoms with van der Waals surface area (Å²) in [5.74, 6) is 1.30. The first-order chi connectivity index (χ1) is 10.7. The van der Waals surface area contributed by atoms with Crippen LogP contribution in [-0.2, 0) is 21.3 Å². The molecular weight excluding hydrogens is 304 g/mol. The summed E-state index contributed by atoms with van der Waals surface area (Å²) in [6, 6.07) is 1.48. The third-order valence-corrected chi connectivity index (χ3v) is 4.72. The molecule has 1 aliphatic rings. The normalized spacial score (nSPS) is 17.3. The van der Waals surface area contributed by atoms with Crippen molar-refractivity contribution in [3.05, 3.63) is 28.2 Å². The summed E-state index contributed by atoms with van der Waals surface area (Å²) in [5.41, 5.74) is 0.529. The first-order valence-electron chi connectivity index (χ1n) is 7.68. The molecule has 6 nitrogen and oxygen atoms in total. The van der Waals surface area contributed by atoms with E-state index >= 15 is 0 Å².